The number of rotatable bonds is 1. The molecule has 1 saturated heterocycles. The fourth-order valence-corrected chi connectivity index (χ4v) is 2.59. The Balaban J connectivity index is 2.05. The molecular weight excluding hydrogens is 206 g/mol. The van der Waals surface area contributed by atoms with Crippen molar-refractivity contribution in [1.82, 2.24) is 4.90 Å². The molecule has 0 aromatic heterocycles. The number of Topliss-reactive ketones (excluding diaryl/α,β-unsaturated/α-hetero) is 1. The van der Waals surface area contributed by atoms with Gasteiger partial charge in [0.1, 0.15) is 5.78 Å². The molecule has 1 saturated carbocycles. The molecule has 0 bridgehead atoms. The maximum Gasteiger partial charge on any atom is 0.229 e. The normalized spacial score (nSPS) is 25.3. The molecule has 2 rings (SSSR count). The highest BCUT2D eigenvalue weighted by molar-refractivity contribution is 5.98. The molecule has 0 aromatic rings. The Bertz CT molecular complexity index is 309. The molecule has 0 atom stereocenters. The second-order valence-corrected chi connectivity index (χ2v) is 4.94. The topological polar surface area (TPSA) is 54.5 Å². The van der Waals surface area contributed by atoms with Crippen LogP contribution in [0.5, 0.6) is 0 Å². The molecule has 2 amide bonds. The Morgan fingerprint density at radius 1 is 1.00 bits per heavy atom. The number of likely N-dealkylation sites (tertiary alicyclic amines) is 1. The van der Waals surface area contributed by atoms with E-state index in [4.69, 9.17) is 0 Å². The van der Waals surface area contributed by atoms with Gasteiger partial charge in [0.25, 0.3) is 0 Å². The first-order chi connectivity index (χ1) is 7.58. The largest absolute Gasteiger partial charge is 0.300 e. The lowest BCUT2D eigenvalue weighted by Gasteiger charge is -2.36. The van der Waals surface area contributed by atoms with Gasteiger partial charge in [0.05, 0.1) is 0 Å². The van der Waals surface area contributed by atoms with Crippen LogP contribution >= 0.6 is 0 Å². The summed E-state index contributed by atoms with van der Waals surface area (Å²) in [7, 11) is 0. The molecule has 4 heteroatoms. The Kier molecular flexibility index (Phi) is 3.08. The Hall–Kier alpha value is -1.19. The van der Waals surface area contributed by atoms with E-state index in [0.29, 0.717) is 38.5 Å². The fourth-order valence-electron chi connectivity index (χ4n) is 2.59. The van der Waals surface area contributed by atoms with Crippen LogP contribution in [0.1, 0.15) is 45.4 Å². The molecule has 1 aliphatic carbocycles. The standard InChI is InChI=1S/C12H17NO3/c1-8-6-11(15)13(12(16)7-8)9-2-4-10(14)5-3-9/h8-9H,2-7H2,1H3. The van der Waals surface area contributed by atoms with E-state index in [1.807, 2.05) is 6.92 Å². The van der Waals surface area contributed by atoms with Crippen LogP contribution in [0, 0.1) is 5.92 Å². The van der Waals surface area contributed by atoms with Gasteiger partial charge in [0.15, 0.2) is 0 Å². The molecule has 88 valence electrons. The Morgan fingerprint density at radius 3 is 2.00 bits per heavy atom. The number of imide groups is 1. The third-order valence-electron chi connectivity index (χ3n) is 3.46. The van der Waals surface area contributed by atoms with Crippen LogP contribution < -0.4 is 0 Å². The van der Waals surface area contributed by atoms with Crippen LogP contribution in [0.15, 0.2) is 0 Å². The molecular formula is C12H17NO3. The predicted molar refractivity (Wildman–Crippen MR) is 57.5 cm³/mol. The minimum absolute atomic E-state index is 0.0230. The van der Waals surface area contributed by atoms with E-state index in [-0.39, 0.29) is 29.6 Å². The zero-order valence-electron chi connectivity index (χ0n) is 9.57. The van der Waals surface area contributed by atoms with Crippen molar-refractivity contribution in [2.24, 2.45) is 5.92 Å². The van der Waals surface area contributed by atoms with Crippen LogP contribution in [-0.2, 0) is 14.4 Å². The van der Waals surface area contributed by atoms with Gasteiger partial charge in [-0.1, -0.05) is 6.92 Å². The summed E-state index contributed by atoms with van der Waals surface area (Å²) in [5.74, 6) is 0.314. The third-order valence-corrected chi connectivity index (χ3v) is 3.46. The first-order valence-electron chi connectivity index (χ1n) is 5.94. The lowest BCUT2D eigenvalue weighted by Crippen LogP contribution is -2.50. The summed E-state index contributed by atoms with van der Waals surface area (Å²) >= 11 is 0. The Morgan fingerprint density at radius 2 is 1.50 bits per heavy atom. The average molecular weight is 223 g/mol. The molecule has 0 N–H and O–H groups in total. The van der Waals surface area contributed by atoms with Crippen LogP contribution in [-0.4, -0.2) is 28.5 Å². The first-order valence-corrected chi connectivity index (χ1v) is 5.94. The fraction of sp³-hybridized carbons (Fsp3) is 0.750. The number of piperidine rings is 1. The minimum atomic E-state index is -0.0527. The van der Waals surface area contributed by atoms with E-state index in [0.717, 1.165) is 0 Å². The molecule has 1 heterocycles. The first kappa shape index (κ1) is 11.3. The smallest absolute Gasteiger partial charge is 0.229 e. The Labute approximate surface area is 95.0 Å². The summed E-state index contributed by atoms with van der Waals surface area (Å²) in [5, 5.41) is 0. The highest BCUT2D eigenvalue weighted by Crippen LogP contribution is 2.27. The van der Waals surface area contributed by atoms with Crippen LogP contribution in [0.25, 0.3) is 0 Å². The third kappa shape index (κ3) is 2.15. The molecule has 0 radical (unpaired) electrons. The molecule has 1 aliphatic heterocycles. The van der Waals surface area contributed by atoms with Gasteiger partial charge >= 0.3 is 0 Å². The summed E-state index contributed by atoms with van der Waals surface area (Å²) in [6.07, 6.45) is 3.27. The van der Waals surface area contributed by atoms with Crippen molar-refractivity contribution in [3.63, 3.8) is 0 Å². The molecule has 0 aromatic carbocycles. The van der Waals surface area contributed by atoms with Gasteiger partial charge in [0, 0.05) is 31.7 Å². The molecule has 2 fully saturated rings. The van der Waals surface area contributed by atoms with E-state index >= 15 is 0 Å². The van der Waals surface area contributed by atoms with Crippen LogP contribution in [0.4, 0.5) is 0 Å². The van der Waals surface area contributed by atoms with Crippen molar-refractivity contribution in [3.8, 4) is 0 Å². The minimum Gasteiger partial charge on any atom is -0.300 e. The lowest BCUT2D eigenvalue weighted by atomic mass is 9.89. The molecule has 16 heavy (non-hydrogen) atoms. The second kappa shape index (κ2) is 4.36. The van der Waals surface area contributed by atoms with Crippen molar-refractivity contribution < 1.29 is 14.4 Å². The number of nitrogens with zero attached hydrogens (tertiary/aromatic N) is 1. The lowest BCUT2D eigenvalue weighted by molar-refractivity contribution is -0.154. The van der Waals surface area contributed by atoms with E-state index in [2.05, 4.69) is 0 Å². The van der Waals surface area contributed by atoms with Crippen molar-refractivity contribution in [1.29, 1.82) is 0 Å². The maximum absolute atomic E-state index is 11.8. The van der Waals surface area contributed by atoms with E-state index in [1.54, 1.807) is 0 Å². The highest BCUT2D eigenvalue weighted by Gasteiger charge is 2.36. The summed E-state index contributed by atoms with van der Waals surface area (Å²) in [6.45, 7) is 1.93. The van der Waals surface area contributed by atoms with E-state index in [9.17, 15) is 14.4 Å². The molecule has 0 spiro atoms. The predicted octanol–water partition coefficient (Wildman–Crippen LogP) is 1.28. The summed E-state index contributed by atoms with van der Waals surface area (Å²) in [5.41, 5.74) is 0. The maximum atomic E-state index is 11.8. The number of amides is 2. The van der Waals surface area contributed by atoms with E-state index in [1.165, 1.54) is 4.90 Å². The van der Waals surface area contributed by atoms with Crippen molar-refractivity contribution in [2.45, 2.75) is 51.5 Å². The van der Waals surface area contributed by atoms with E-state index < -0.39 is 0 Å². The number of carbonyl (C=O) groups is 3. The van der Waals surface area contributed by atoms with Gasteiger partial charge in [-0.2, -0.15) is 0 Å². The van der Waals surface area contributed by atoms with Gasteiger partial charge in [-0.15, -0.1) is 0 Å². The second-order valence-electron chi connectivity index (χ2n) is 4.94. The van der Waals surface area contributed by atoms with Gasteiger partial charge in [-0.05, 0) is 18.8 Å². The molecule has 0 unspecified atom stereocenters. The quantitative estimate of drug-likeness (QED) is 0.629. The average Bonchev–Trinajstić information content (AvgIpc) is 2.19. The van der Waals surface area contributed by atoms with Crippen molar-refractivity contribution in [2.75, 3.05) is 0 Å². The molecule has 4 nitrogen and oxygen atoms in total. The van der Waals surface area contributed by atoms with Gasteiger partial charge in [-0.25, -0.2) is 0 Å². The SMILES string of the molecule is CC1CC(=O)N(C2CCC(=O)CC2)C(=O)C1. The van der Waals surface area contributed by atoms with Crippen LogP contribution in [0.3, 0.4) is 0 Å². The molecule has 2 aliphatic rings. The van der Waals surface area contributed by atoms with Crippen molar-refractivity contribution in [3.05, 3.63) is 0 Å². The number of hydrogen-bond donors (Lipinski definition) is 0. The van der Waals surface area contributed by atoms with Gasteiger partial charge in [0.2, 0.25) is 11.8 Å². The highest BCUT2D eigenvalue weighted by atomic mass is 16.2. The number of ketones is 1. The monoisotopic (exact) mass is 223 g/mol. The number of carbonyl (C=O) groups excluding carboxylic acids is 3. The van der Waals surface area contributed by atoms with Crippen molar-refractivity contribution >= 4 is 17.6 Å². The number of hydrogen-bond acceptors (Lipinski definition) is 3. The zero-order valence-corrected chi connectivity index (χ0v) is 9.57. The summed E-state index contributed by atoms with van der Waals surface area (Å²) < 4.78 is 0. The van der Waals surface area contributed by atoms with Gasteiger partial charge in [-0.3, -0.25) is 19.3 Å². The summed E-state index contributed by atoms with van der Waals surface area (Å²) in [4.78, 5) is 36.2. The van der Waals surface area contributed by atoms with Gasteiger partial charge < -0.3 is 0 Å². The zero-order chi connectivity index (χ0) is 11.7. The van der Waals surface area contributed by atoms with Crippen LogP contribution in [0.2, 0.25) is 0 Å². The summed E-state index contributed by atoms with van der Waals surface area (Å²) in [6, 6.07) is -0.0230.